The quantitative estimate of drug-likeness (QED) is 0.909. The number of nitrogens with zero attached hydrogens (tertiary/aromatic N) is 2. The van der Waals surface area contributed by atoms with Gasteiger partial charge in [-0.15, -0.1) is 0 Å². The molecule has 0 bridgehead atoms. The summed E-state index contributed by atoms with van der Waals surface area (Å²) in [7, 11) is 0. The Labute approximate surface area is 120 Å². The molecule has 0 atom stereocenters. The fourth-order valence-electron chi connectivity index (χ4n) is 2.95. The molecule has 0 radical (unpaired) electrons. The highest BCUT2D eigenvalue weighted by Crippen LogP contribution is 2.22. The minimum atomic E-state index is 0.555. The number of anilines is 1. The van der Waals surface area contributed by atoms with E-state index in [0.717, 1.165) is 37.3 Å². The second-order valence-corrected chi connectivity index (χ2v) is 5.44. The van der Waals surface area contributed by atoms with Gasteiger partial charge < -0.3 is 10.6 Å². The van der Waals surface area contributed by atoms with Gasteiger partial charge in [0.25, 0.3) is 0 Å². The predicted molar refractivity (Wildman–Crippen MR) is 82.9 cm³/mol. The fourth-order valence-corrected chi connectivity index (χ4v) is 2.95. The van der Waals surface area contributed by atoms with Crippen LogP contribution in [0, 0.1) is 6.92 Å². The Balaban J connectivity index is 1.83. The van der Waals surface area contributed by atoms with Crippen LogP contribution >= 0.6 is 0 Å². The van der Waals surface area contributed by atoms with Gasteiger partial charge in [0.2, 0.25) is 0 Å². The van der Waals surface area contributed by atoms with Crippen molar-refractivity contribution in [1.82, 2.24) is 4.98 Å². The zero-order valence-electron chi connectivity index (χ0n) is 12.0. The maximum Gasteiger partial charge on any atom is 0.131 e. The second kappa shape index (κ2) is 5.63. The van der Waals surface area contributed by atoms with E-state index in [2.05, 4.69) is 47.1 Å². The third-order valence-corrected chi connectivity index (χ3v) is 4.06. The van der Waals surface area contributed by atoms with Crippen molar-refractivity contribution in [3.63, 3.8) is 0 Å². The average molecular weight is 267 g/mol. The topological polar surface area (TPSA) is 42.1 Å². The van der Waals surface area contributed by atoms with Crippen molar-refractivity contribution in [2.45, 2.75) is 26.3 Å². The van der Waals surface area contributed by atoms with Crippen LogP contribution in [-0.4, -0.2) is 18.1 Å². The molecule has 0 fully saturated rings. The van der Waals surface area contributed by atoms with E-state index in [4.69, 9.17) is 5.73 Å². The molecule has 0 unspecified atom stereocenters. The normalized spacial score (nSPS) is 14.8. The van der Waals surface area contributed by atoms with Crippen LogP contribution in [0.1, 0.15) is 22.3 Å². The Morgan fingerprint density at radius 3 is 2.35 bits per heavy atom. The summed E-state index contributed by atoms with van der Waals surface area (Å²) in [6.07, 6.45) is 4.09. The fraction of sp³-hybridized carbons (Fsp3) is 0.353. The van der Waals surface area contributed by atoms with Gasteiger partial charge in [-0.05, 0) is 48.1 Å². The van der Waals surface area contributed by atoms with Gasteiger partial charge >= 0.3 is 0 Å². The summed E-state index contributed by atoms with van der Waals surface area (Å²) in [5.41, 5.74) is 11.0. The van der Waals surface area contributed by atoms with Crippen LogP contribution in [0.5, 0.6) is 0 Å². The van der Waals surface area contributed by atoms with Crippen molar-refractivity contribution in [2.24, 2.45) is 5.73 Å². The molecule has 0 aliphatic carbocycles. The van der Waals surface area contributed by atoms with Crippen LogP contribution in [0.3, 0.4) is 0 Å². The first-order chi connectivity index (χ1) is 9.78. The minimum Gasteiger partial charge on any atom is -0.356 e. The summed E-state index contributed by atoms with van der Waals surface area (Å²) in [4.78, 5) is 7.02. The maximum absolute atomic E-state index is 5.68. The van der Waals surface area contributed by atoms with E-state index in [9.17, 15) is 0 Å². The lowest BCUT2D eigenvalue weighted by Gasteiger charge is -2.23. The van der Waals surface area contributed by atoms with Gasteiger partial charge in [0.1, 0.15) is 5.82 Å². The van der Waals surface area contributed by atoms with Crippen LogP contribution < -0.4 is 10.6 Å². The molecule has 1 aromatic heterocycles. The highest BCUT2D eigenvalue weighted by molar-refractivity contribution is 5.48. The summed E-state index contributed by atoms with van der Waals surface area (Å²) in [6, 6.07) is 10.9. The Morgan fingerprint density at radius 1 is 1.15 bits per heavy atom. The van der Waals surface area contributed by atoms with Crippen LogP contribution in [0.25, 0.3) is 0 Å². The van der Waals surface area contributed by atoms with E-state index in [1.54, 1.807) is 0 Å². The van der Waals surface area contributed by atoms with E-state index < -0.39 is 0 Å². The number of fused-ring (bicyclic) bond motifs is 1. The zero-order chi connectivity index (χ0) is 13.9. The maximum atomic E-state index is 5.68. The highest BCUT2D eigenvalue weighted by atomic mass is 15.2. The molecule has 0 saturated heterocycles. The first-order valence-corrected chi connectivity index (χ1v) is 7.25. The van der Waals surface area contributed by atoms with Crippen molar-refractivity contribution in [2.75, 3.05) is 18.0 Å². The van der Waals surface area contributed by atoms with Gasteiger partial charge in [0.05, 0.1) is 0 Å². The van der Waals surface area contributed by atoms with Crippen molar-refractivity contribution in [3.8, 4) is 0 Å². The Bertz CT molecular complexity index is 580. The molecule has 3 heteroatoms. The minimum absolute atomic E-state index is 0.555. The Hall–Kier alpha value is -1.87. The monoisotopic (exact) mass is 267 g/mol. The number of aryl methyl sites for hydroxylation is 1. The summed E-state index contributed by atoms with van der Waals surface area (Å²) in [5, 5.41) is 0. The SMILES string of the molecule is Cc1cc(CN)cnc1N1CCc2ccccc2CC1. The smallest absolute Gasteiger partial charge is 0.131 e. The third-order valence-electron chi connectivity index (χ3n) is 4.06. The predicted octanol–water partition coefficient (Wildman–Crippen LogP) is 2.45. The molecule has 104 valence electrons. The molecule has 2 aromatic rings. The lowest BCUT2D eigenvalue weighted by atomic mass is 10.0. The molecule has 0 saturated carbocycles. The van der Waals surface area contributed by atoms with Crippen molar-refractivity contribution >= 4 is 5.82 Å². The van der Waals surface area contributed by atoms with Gasteiger partial charge in [-0.2, -0.15) is 0 Å². The van der Waals surface area contributed by atoms with E-state index >= 15 is 0 Å². The molecule has 20 heavy (non-hydrogen) atoms. The van der Waals surface area contributed by atoms with Gasteiger partial charge in [-0.1, -0.05) is 24.3 Å². The molecule has 1 aliphatic rings. The van der Waals surface area contributed by atoms with Crippen LogP contribution in [0.4, 0.5) is 5.82 Å². The number of hydrogen-bond donors (Lipinski definition) is 1. The lowest BCUT2D eigenvalue weighted by molar-refractivity contribution is 0.785. The summed E-state index contributed by atoms with van der Waals surface area (Å²) in [6.45, 7) is 4.75. The van der Waals surface area contributed by atoms with Crippen molar-refractivity contribution < 1.29 is 0 Å². The largest absolute Gasteiger partial charge is 0.356 e. The second-order valence-electron chi connectivity index (χ2n) is 5.44. The van der Waals surface area contributed by atoms with Crippen LogP contribution in [0.2, 0.25) is 0 Å². The number of benzene rings is 1. The van der Waals surface area contributed by atoms with Gasteiger partial charge in [-0.3, -0.25) is 0 Å². The van der Waals surface area contributed by atoms with Crippen LogP contribution in [0.15, 0.2) is 36.5 Å². The van der Waals surface area contributed by atoms with Crippen molar-refractivity contribution in [1.29, 1.82) is 0 Å². The Morgan fingerprint density at radius 2 is 1.80 bits per heavy atom. The molecule has 0 spiro atoms. The number of pyridine rings is 1. The highest BCUT2D eigenvalue weighted by Gasteiger charge is 2.16. The molecule has 2 heterocycles. The number of nitrogens with two attached hydrogens (primary N) is 1. The van der Waals surface area contributed by atoms with Crippen LogP contribution in [-0.2, 0) is 19.4 Å². The van der Waals surface area contributed by atoms with E-state index in [0.29, 0.717) is 6.54 Å². The van der Waals surface area contributed by atoms with Crippen molar-refractivity contribution in [3.05, 3.63) is 58.8 Å². The van der Waals surface area contributed by atoms with E-state index in [-0.39, 0.29) is 0 Å². The third kappa shape index (κ3) is 2.54. The standard InChI is InChI=1S/C17H21N3/c1-13-10-14(11-18)12-19-17(13)20-8-6-15-4-2-3-5-16(15)7-9-20/h2-5,10,12H,6-9,11,18H2,1H3. The van der Waals surface area contributed by atoms with Gasteiger partial charge in [0, 0.05) is 25.8 Å². The molecule has 1 aromatic carbocycles. The Kier molecular flexibility index (Phi) is 3.70. The average Bonchev–Trinajstić information content (AvgIpc) is 2.70. The molecule has 0 amide bonds. The van der Waals surface area contributed by atoms with E-state index in [1.807, 2.05) is 6.20 Å². The molecule has 3 rings (SSSR count). The first-order valence-electron chi connectivity index (χ1n) is 7.25. The summed E-state index contributed by atoms with van der Waals surface area (Å²) < 4.78 is 0. The van der Waals surface area contributed by atoms with E-state index in [1.165, 1.54) is 16.7 Å². The van der Waals surface area contributed by atoms with Gasteiger partial charge in [0.15, 0.2) is 0 Å². The summed E-state index contributed by atoms with van der Waals surface area (Å²) in [5.74, 6) is 1.11. The first kappa shape index (κ1) is 13.1. The number of hydrogen-bond acceptors (Lipinski definition) is 3. The molecular weight excluding hydrogens is 246 g/mol. The number of aromatic nitrogens is 1. The number of rotatable bonds is 2. The molecular formula is C17H21N3. The lowest BCUT2D eigenvalue weighted by Crippen LogP contribution is -2.27. The van der Waals surface area contributed by atoms with Gasteiger partial charge in [-0.25, -0.2) is 4.98 Å². The molecule has 2 N–H and O–H groups in total. The molecule has 1 aliphatic heterocycles. The zero-order valence-corrected chi connectivity index (χ0v) is 12.0. The summed E-state index contributed by atoms with van der Waals surface area (Å²) >= 11 is 0. The molecule has 3 nitrogen and oxygen atoms in total.